The molecular weight excluding hydrogens is 228 g/mol. The Hall–Kier alpha value is -1.27. The molecule has 0 fully saturated rings. The molecule has 0 aliphatic rings. The summed E-state index contributed by atoms with van der Waals surface area (Å²) in [5.41, 5.74) is 4.97. The van der Waals surface area contributed by atoms with E-state index in [0.29, 0.717) is 5.92 Å². The van der Waals surface area contributed by atoms with Gasteiger partial charge in [-0.25, -0.2) is 0 Å². The maximum atomic E-state index is 6.03. The fourth-order valence-electron chi connectivity index (χ4n) is 1.88. The van der Waals surface area contributed by atoms with Gasteiger partial charge < -0.3 is 0 Å². The van der Waals surface area contributed by atoms with Gasteiger partial charge in [-0.05, 0) is 47.2 Å². The van der Waals surface area contributed by atoms with E-state index in [1.165, 1.54) is 16.7 Å². The summed E-state index contributed by atoms with van der Waals surface area (Å²) in [6.07, 6.45) is 0. The maximum Gasteiger partial charge on any atom is 0.0435 e. The molecule has 0 aliphatic heterocycles. The van der Waals surface area contributed by atoms with Crippen LogP contribution in [0.3, 0.4) is 0 Å². The minimum Gasteiger partial charge on any atom is -0.0841 e. The van der Waals surface area contributed by atoms with Gasteiger partial charge in [0.2, 0.25) is 0 Å². The van der Waals surface area contributed by atoms with Gasteiger partial charge in [-0.15, -0.1) is 0 Å². The van der Waals surface area contributed by atoms with Crippen LogP contribution in [0.1, 0.15) is 30.9 Å². The minimum atomic E-state index is 0.580. The van der Waals surface area contributed by atoms with Crippen molar-refractivity contribution in [3.05, 3.63) is 58.6 Å². The molecule has 17 heavy (non-hydrogen) atoms. The first-order valence-corrected chi connectivity index (χ1v) is 6.32. The van der Waals surface area contributed by atoms with E-state index in [-0.39, 0.29) is 0 Å². The molecule has 0 aromatic heterocycles. The SMILES string of the molecule is Cc1cc(-c2ccc(C(C)C)cc2)ccc1Cl. The van der Waals surface area contributed by atoms with Gasteiger partial charge in [0, 0.05) is 5.02 Å². The molecule has 0 bridgehead atoms. The van der Waals surface area contributed by atoms with Crippen molar-refractivity contribution in [2.24, 2.45) is 0 Å². The molecule has 1 heteroatoms. The standard InChI is InChI=1S/C16H17Cl/c1-11(2)13-4-6-14(7-5-13)15-8-9-16(17)12(3)10-15/h4-11H,1-3H3. The van der Waals surface area contributed by atoms with Crippen LogP contribution in [-0.2, 0) is 0 Å². The second kappa shape index (κ2) is 4.93. The van der Waals surface area contributed by atoms with Crippen LogP contribution in [0.5, 0.6) is 0 Å². The molecule has 2 aromatic rings. The highest BCUT2D eigenvalue weighted by molar-refractivity contribution is 6.31. The van der Waals surface area contributed by atoms with Crippen molar-refractivity contribution in [1.82, 2.24) is 0 Å². The first kappa shape index (κ1) is 12.2. The zero-order chi connectivity index (χ0) is 12.4. The lowest BCUT2D eigenvalue weighted by atomic mass is 9.98. The van der Waals surface area contributed by atoms with E-state index in [9.17, 15) is 0 Å². The first-order chi connectivity index (χ1) is 8.08. The molecule has 0 unspecified atom stereocenters. The van der Waals surface area contributed by atoms with Crippen LogP contribution >= 0.6 is 11.6 Å². The van der Waals surface area contributed by atoms with E-state index >= 15 is 0 Å². The smallest absolute Gasteiger partial charge is 0.0435 e. The lowest BCUT2D eigenvalue weighted by Gasteiger charge is -2.08. The van der Waals surface area contributed by atoms with E-state index in [4.69, 9.17) is 11.6 Å². The maximum absolute atomic E-state index is 6.03. The quantitative estimate of drug-likeness (QED) is 0.660. The first-order valence-electron chi connectivity index (χ1n) is 5.94. The van der Waals surface area contributed by atoms with Crippen molar-refractivity contribution in [2.75, 3.05) is 0 Å². The number of hydrogen-bond donors (Lipinski definition) is 0. The van der Waals surface area contributed by atoms with Gasteiger partial charge in [0.1, 0.15) is 0 Å². The molecule has 2 rings (SSSR count). The van der Waals surface area contributed by atoms with Crippen molar-refractivity contribution in [3.8, 4) is 11.1 Å². The van der Waals surface area contributed by atoms with Crippen LogP contribution in [-0.4, -0.2) is 0 Å². The molecule has 0 nitrogen and oxygen atoms in total. The summed E-state index contributed by atoms with van der Waals surface area (Å²) in [6.45, 7) is 6.46. The average Bonchev–Trinajstić information content (AvgIpc) is 2.33. The van der Waals surface area contributed by atoms with Crippen molar-refractivity contribution >= 4 is 11.6 Å². The summed E-state index contributed by atoms with van der Waals surface area (Å²) in [5.74, 6) is 0.580. The number of halogens is 1. The van der Waals surface area contributed by atoms with E-state index in [1.54, 1.807) is 0 Å². The Balaban J connectivity index is 2.36. The van der Waals surface area contributed by atoms with E-state index in [1.807, 2.05) is 13.0 Å². The largest absolute Gasteiger partial charge is 0.0841 e. The van der Waals surface area contributed by atoms with Gasteiger partial charge in [0.05, 0.1) is 0 Å². The van der Waals surface area contributed by atoms with Gasteiger partial charge >= 0.3 is 0 Å². The predicted molar refractivity (Wildman–Crippen MR) is 75.7 cm³/mol. The Bertz CT molecular complexity index is 510. The molecule has 0 saturated carbocycles. The Labute approximate surface area is 108 Å². The Morgan fingerprint density at radius 3 is 2.00 bits per heavy atom. The van der Waals surface area contributed by atoms with Crippen LogP contribution in [0.4, 0.5) is 0 Å². The van der Waals surface area contributed by atoms with Crippen LogP contribution in [0, 0.1) is 6.92 Å². The molecule has 0 saturated heterocycles. The van der Waals surface area contributed by atoms with Gasteiger partial charge in [-0.1, -0.05) is 55.8 Å². The summed E-state index contributed by atoms with van der Waals surface area (Å²) in [4.78, 5) is 0. The molecule has 0 atom stereocenters. The molecule has 0 amide bonds. The van der Waals surface area contributed by atoms with Crippen LogP contribution in [0.2, 0.25) is 5.02 Å². The Morgan fingerprint density at radius 1 is 0.882 bits per heavy atom. The number of rotatable bonds is 2. The number of benzene rings is 2. The molecule has 0 N–H and O–H groups in total. The predicted octanol–water partition coefficient (Wildman–Crippen LogP) is 5.44. The molecular formula is C16H17Cl. The van der Waals surface area contributed by atoms with Gasteiger partial charge in [-0.3, -0.25) is 0 Å². The number of aryl methyl sites for hydroxylation is 1. The fraction of sp³-hybridized carbons (Fsp3) is 0.250. The Morgan fingerprint density at radius 2 is 1.47 bits per heavy atom. The minimum absolute atomic E-state index is 0.580. The second-order valence-corrected chi connectivity index (χ2v) is 5.15. The third kappa shape index (κ3) is 2.70. The van der Waals surface area contributed by atoms with E-state index < -0.39 is 0 Å². The lowest BCUT2D eigenvalue weighted by molar-refractivity contribution is 0.867. The molecule has 0 spiro atoms. The summed E-state index contributed by atoms with van der Waals surface area (Å²) in [5, 5.41) is 0.826. The summed E-state index contributed by atoms with van der Waals surface area (Å²) in [7, 11) is 0. The summed E-state index contributed by atoms with van der Waals surface area (Å²) < 4.78 is 0. The second-order valence-electron chi connectivity index (χ2n) is 4.74. The molecule has 88 valence electrons. The zero-order valence-electron chi connectivity index (χ0n) is 10.5. The van der Waals surface area contributed by atoms with Gasteiger partial charge in [0.25, 0.3) is 0 Å². The highest BCUT2D eigenvalue weighted by Crippen LogP contribution is 2.26. The molecule has 2 aromatic carbocycles. The molecule has 0 radical (unpaired) electrons. The van der Waals surface area contributed by atoms with Crippen molar-refractivity contribution in [2.45, 2.75) is 26.7 Å². The summed E-state index contributed by atoms with van der Waals surface area (Å²) in [6, 6.07) is 14.9. The van der Waals surface area contributed by atoms with E-state index in [0.717, 1.165) is 10.6 Å². The highest BCUT2D eigenvalue weighted by Gasteiger charge is 2.02. The lowest BCUT2D eigenvalue weighted by Crippen LogP contribution is -1.87. The average molecular weight is 245 g/mol. The normalized spacial score (nSPS) is 10.9. The third-order valence-corrected chi connectivity index (χ3v) is 3.49. The monoisotopic (exact) mass is 244 g/mol. The highest BCUT2D eigenvalue weighted by atomic mass is 35.5. The van der Waals surface area contributed by atoms with Crippen molar-refractivity contribution in [3.63, 3.8) is 0 Å². The molecule has 0 heterocycles. The van der Waals surface area contributed by atoms with E-state index in [2.05, 4.69) is 50.2 Å². The van der Waals surface area contributed by atoms with Crippen molar-refractivity contribution in [1.29, 1.82) is 0 Å². The van der Waals surface area contributed by atoms with Crippen LogP contribution in [0.25, 0.3) is 11.1 Å². The third-order valence-electron chi connectivity index (χ3n) is 3.07. The van der Waals surface area contributed by atoms with Gasteiger partial charge in [-0.2, -0.15) is 0 Å². The van der Waals surface area contributed by atoms with Gasteiger partial charge in [0.15, 0.2) is 0 Å². The topological polar surface area (TPSA) is 0 Å². The summed E-state index contributed by atoms with van der Waals surface area (Å²) >= 11 is 6.03. The number of hydrogen-bond acceptors (Lipinski definition) is 0. The zero-order valence-corrected chi connectivity index (χ0v) is 11.3. The fourth-order valence-corrected chi connectivity index (χ4v) is 2.00. The van der Waals surface area contributed by atoms with Crippen LogP contribution < -0.4 is 0 Å². The van der Waals surface area contributed by atoms with Crippen LogP contribution in [0.15, 0.2) is 42.5 Å². The van der Waals surface area contributed by atoms with Crippen molar-refractivity contribution < 1.29 is 0 Å². The Kier molecular flexibility index (Phi) is 3.54. The molecule has 0 aliphatic carbocycles.